The van der Waals surface area contributed by atoms with E-state index >= 15 is 0 Å². The van der Waals surface area contributed by atoms with Gasteiger partial charge in [0.25, 0.3) is 0 Å². The first-order chi connectivity index (χ1) is 9.19. The minimum absolute atomic E-state index is 0.204. The Balaban J connectivity index is 2.03. The molecule has 0 fully saturated rings. The van der Waals surface area contributed by atoms with Crippen LogP contribution in [0.4, 0.5) is 5.82 Å². The lowest BCUT2D eigenvalue weighted by atomic mass is 10.1. The quantitative estimate of drug-likeness (QED) is 0.908. The molecule has 0 saturated heterocycles. The maximum atomic E-state index is 8.85. The fraction of sp³-hybridized carbons (Fsp3) is 0.267. The average molecular weight is 252 g/mol. The van der Waals surface area contributed by atoms with E-state index in [9.17, 15) is 0 Å². The fourth-order valence-electron chi connectivity index (χ4n) is 1.90. The third kappa shape index (κ3) is 3.52. The van der Waals surface area contributed by atoms with Crippen LogP contribution in [0.3, 0.4) is 0 Å². The van der Waals surface area contributed by atoms with Gasteiger partial charge in [-0.25, -0.2) is 4.98 Å². The van der Waals surface area contributed by atoms with E-state index in [1.807, 2.05) is 12.3 Å². The molecule has 2 aromatic rings. The van der Waals surface area contributed by atoms with Crippen molar-refractivity contribution in [2.24, 2.45) is 0 Å². The van der Waals surface area contributed by atoms with Crippen LogP contribution >= 0.6 is 0 Å². The number of nitriles is 1. The molecular weight excluding hydrogens is 236 g/mol. The summed E-state index contributed by atoms with van der Waals surface area (Å²) >= 11 is 0. The van der Waals surface area contributed by atoms with E-state index in [2.05, 4.69) is 41.3 Å². The minimum atomic E-state index is 0.204. The van der Waals surface area contributed by atoms with Crippen molar-refractivity contribution >= 4 is 5.82 Å². The number of rotatable bonds is 4. The molecule has 1 unspecified atom stereocenters. The van der Waals surface area contributed by atoms with E-state index in [0.29, 0.717) is 5.56 Å². The number of hydrogen-bond donors (Lipinski definition) is 1. The van der Waals surface area contributed by atoms with E-state index in [1.165, 1.54) is 5.56 Å². The number of hydrogen-bond acceptors (Lipinski definition) is 4. The van der Waals surface area contributed by atoms with Gasteiger partial charge in [0.15, 0.2) is 0 Å². The van der Waals surface area contributed by atoms with Gasteiger partial charge < -0.3 is 5.32 Å². The Labute approximate surface area is 113 Å². The Kier molecular flexibility index (Phi) is 4.09. The minimum Gasteiger partial charge on any atom is -0.367 e. The molecular formula is C15H16N4. The Hall–Kier alpha value is -2.41. The van der Waals surface area contributed by atoms with E-state index < -0.39 is 0 Å². The van der Waals surface area contributed by atoms with Crippen molar-refractivity contribution in [1.29, 1.82) is 5.26 Å². The molecule has 19 heavy (non-hydrogen) atoms. The van der Waals surface area contributed by atoms with E-state index in [1.54, 1.807) is 18.3 Å². The highest BCUT2D eigenvalue weighted by atomic mass is 15.0. The van der Waals surface area contributed by atoms with Gasteiger partial charge in [0.1, 0.15) is 5.82 Å². The smallest absolute Gasteiger partial charge is 0.127 e. The first kappa shape index (κ1) is 13.0. The van der Waals surface area contributed by atoms with Crippen molar-refractivity contribution in [2.45, 2.75) is 26.3 Å². The van der Waals surface area contributed by atoms with Crippen molar-refractivity contribution in [3.05, 3.63) is 53.5 Å². The molecule has 0 amide bonds. The lowest BCUT2D eigenvalue weighted by molar-refractivity contribution is 0.760. The van der Waals surface area contributed by atoms with Crippen LogP contribution in [0.2, 0.25) is 0 Å². The first-order valence-corrected chi connectivity index (χ1v) is 6.22. The van der Waals surface area contributed by atoms with Gasteiger partial charge in [-0.2, -0.15) is 5.26 Å². The van der Waals surface area contributed by atoms with E-state index in [-0.39, 0.29) is 6.04 Å². The van der Waals surface area contributed by atoms with Crippen molar-refractivity contribution in [2.75, 3.05) is 5.32 Å². The zero-order valence-corrected chi connectivity index (χ0v) is 11.1. The second-order valence-electron chi connectivity index (χ2n) is 4.56. The van der Waals surface area contributed by atoms with Gasteiger partial charge in [-0.15, -0.1) is 0 Å². The SMILES string of the molecule is Cc1cccnc1CC(C)Nc1cc(C#N)ccn1. The molecule has 0 bridgehead atoms. The monoisotopic (exact) mass is 252 g/mol. The molecule has 2 rings (SSSR count). The normalized spacial score (nSPS) is 11.6. The molecule has 96 valence electrons. The third-order valence-corrected chi connectivity index (χ3v) is 2.90. The molecule has 1 N–H and O–H groups in total. The summed E-state index contributed by atoms with van der Waals surface area (Å²) in [5, 5.41) is 12.1. The van der Waals surface area contributed by atoms with Crippen LogP contribution in [0.15, 0.2) is 36.7 Å². The third-order valence-electron chi connectivity index (χ3n) is 2.90. The van der Waals surface area contributed by atoms with Crippen molar-refractivity contribution in [3.63, 3.8) is 0 Å². The number of nitrogens with one attached hydrogen (secondary N) is 1. The van der Waals surface area contributed by atoms with Crippen LogP contribution in [0.5, 0.6) is 0 Å². The number of anilines is 1. The predicted octanol–water partition coefficient (Wildman–Crippen LogP) is 2.70. The van der Waals surface area contributed by atoms with Crippen LogP contribution in [0.25, 0.3) is 0 Å². The maximum Gasteiger partial charge on any atom is 0.127 e. The largest absolute Gasteiger partial charge is 0.367 e. The molecule has 0 aliphatic heterocycles. The highest BCUT2D eigenvalue weighted by Gasteiger charge is 2.07. The molecule has 0 radical (unpaired) electrons. The van der Waals surface area contributed by atoms with Crippen LogP contribution < -0.4 is 5.32 Å². The molecule has 0 spiro atoms. The zero-order valence-electron chi connectivity index (χ0n) is 11.1. The molecule has 0 aliphatic carbocycles. The zero-order chi connectivity index (χ0) is 13.7. The van der Waals surface area contributed by atoms with Crippen molar-refractivity contribution in [1.82, 2.24) is 9.97 Å². The predicted molar refractivity (Wildman–Crippen MR) is 74.7 cm³/mol. The van der Waals surface area contributed by atoms with Crippen LogP contribution in [-0.2, 0) is 6.42 Å². The van der Waals surface area contributed by atoms with Crippen LogP contribution in [0.1, 0.15) is 23.7 Å². The fourth-order valence-corrected chi connectivity index (χ4v) is 1.90. The second-order valence-corrected chi connectivity index (χ2v) is 4.56. The van der Waals surface area contributed by atoms with E-state index in [0.717, 1.165) is 17.9 Å². The second kappa shape index (κ2) is 5.96. The lowest BCUT2D eigenvalue weighted by Gasteiger charge is -2.15. The summed E-state index contributed by atoms with van der Waals surface area (Å²) in [4.78, 5) is 8.59. The summed E-state index contributed by atoms with van der Waals surface area (Å²) in [7, 11) is 0. The van der Waals surface area contributed by atoms with Gasteiger partial charge in [-0.1, -0.05) is 6.07 Å². The van der Waals surface area contributed by atoms with Gasteiger partial charge >= 0.3 is 0 Å². The topological polar surface area (TPSA) is 61.6 Å². The van der Waals surface area contributed by atoms with Crippen molar-refractivity contribution < 1.29 is 0 Å². The molecule has 2 heterocycles. The maximum absolute atomic E-state index is 8.85. The van der Waals surface area contributed by atoms with Gasteiger partial charge in [0, 0.05) is 30.6 Å². The lowest BCUT2D eigenvalue weighted by Crippen LogP contribution is -2.20. The van der Waals surface area contributed by atoms with Gasteiger partial charge in [0.05, 0.1) is 11.6 Å². The number of pyridine rings is 2. The number of nitrogens with zero attached hydrogens (tertiary/aromatic N) is 3. The standard InChI is InChI=1S/C15H16N4/c1-11-4-3-6-17-14(11)8-12(2)19-15-9-13(10-16)5-7-18-15/h3-7,9,12H,8H2,1-2H3,(H,18,19). The molecule has 2 aromatic heterocycles. The Morgan fingerprint density at radius 3 is 2.89 bits per heavy atom. The van der Waals surface area contributed by atoms with Gasteiger partial charge in [0.2, 0.25) is 0 Å². The summed E-state index contributed by atoms with van der Waals surface area (Å²) in [6.45, 7) is 4.14. The Bertz CT molecular complexity index is 601. The Morgan fingerprint density at radius 1 is 1.32 bits per heavy atom. The summed E-state index contributed by atoms with van der Waals surface area (Å²) < 4.78 is 0. The highest BCUT2D eigenvalue weighted by Crippen LogP contribution is 2.11. The number of aryl methyl sites for hydroxylation is 1. The van der Waals surface area contributed by atoms with Crippen LogP contribution in [0, 0.1) is 18.3 Å². The Morgan fingerprint density at radius 2 is 2.16 bits per heavy atom. The molecule has 0 saturated carbocycles. The molecule has 1 atom stereocenters. The summed E-state index contributed by atoms with van der Waals surface area (Å²) in [6, 6.07) is 9.75. The number of aromatic nitrogens is 2. The van der Waals surface area contributed by atoms with E-state index in [4.69, 9.17) is 5.26 Å². The highest BCUT2D eigenvalue weighted by molar-refractivity contribution is 5.43. The van der Waals surface area contributed by atoms with Gasteiger partial charge in [-0.3, -0.25) is 4.98 Å². The van der Waals surface area contributed by atoms with Crippen LogP contribution in [-0.4, -0.2) is 16.0 Å². The molecule has 0 aromatic carbocycles. The van der Waals surface area contributed by atoms with Gasteiger partial charge in [-0.05, 0) is 37.6 Å². The first-order valence-electron chi connectivity index (χ1n) is 6.22. The molecule has 4 heteroatoms. The molecule has 4 nitrogen and oxygen atoms in total. The van der Waals surface area contributed by atoms with Crippen molar-refractivity contribution in [3.8, 4) is 6.07 Å². The summed E-state index contributed by atoms with van der Waals surface area (Å²) in [5.41, 5.74) is 2.88. The average Bonchev–Trinajstić information content (AvgIpc) is 2.41. The summed E-state index contributed by atoms with van der Waals surface area (Å²) in [6.07, 6.45) is 4.27. The summed E-state index contributed by atoms with van der Waals surface area (Å²) in [5.74, 6) is 0.722. The molecule has 0 aliphatic rings.